The summed E-state index contributed by atoms with van der Waals surface area (Å²) in [5, 5.41) is 12.2. The van der Waals surface area contributed by atoms with Gasteiger partial charge < -0.3 is 16.0 Å². The SMILES string of the molecule is CNc1cc(-c2cccnc2Nc2c(C)ccc3c(Nc4ccc(C(C)C)cc4)nccc23)ncn1. The van der Waals surface area contributed by atoms with E-state index in [2.05, 4.69) is 93.1 Å². The van der Waals surface area contributed by atoms with Crippen molar-refractivity contribution in [3.8, 4) is 11.3 Å². The lowest BCUT2D eigenvalue weighted by Crippen LogP contribution is -2.02. The Kier molecular flexibility index (Phi) is 6.45. The summed E-state index contributed by atoms with van der Waals surface area (Å²) in [6.07, 6.45) is 5.17. The molecule has 7 heteroatoms. The average molecular weight is 476 g/mol. The molecule has 0 aliphatic rings. The molecule has 7 nitrogen and oxygen atoms in total. The van der Waals surface area contributed by atoms with Gasteiger partial charge >= 0.3 is 0 Å². The van der Waals surface area contributed by atoms with Crippen LogP contribution < -0.4 is 16.0 Å². The molecule has 2 aromatic carbocycles. The van der Waals surface area contributed by atoms with E-state index in [9.17, 15) is 0 Å². The standard InChI is InChI=1S/C29H29N7/c1-18(2)20-8-10-21(11-9-20)35-28-23-12-7-19(3)27(22(23)13-15-32-28)36-29-24(6-5-14-31-29)25-16-26(30-4)34-17-33-25/h5-18H,1-4H3,(H,31,36)(H,32,35)(H,30,33,34). The van der Waals surface area contributed by atoms with Crippen LogP contribution in [-0.2, 0) is 0 Å². The highest BCUT2D eigenvalue weighted by atomic mass is 15.0. The molecular formula is C29H29N7. The molecule has 0 amide bonds. The van der Waals surface area contributed by atoms with Crippen molar-refractivity contribution >= 4 is 39.6 Å². The van der Waals surface area contributed by atoms with Crippen LogP contribution in [0.1, 0.15) is 30.9 Å². The Morgan fingerprint density at radius 2 is 1.56 bits per heavy atom. The van der Waals surface area contributed by atoms with Crippen LogP contribution in [0.2, 0.25) is 0 Å². The second kappa shape index (κ2) is 10.00. The molecule has 36 heavy (non-hydrogen) atoms. The highest BCUT2D eigenvalue weighted by molar-refractivity contribution is 6.03. The van der Waals surface area contributed by atoms with Crippen LogP contribution in [0.25, 0.3) is 22.0 Å². The number of aryl methyl sites for hydroxylation is 1. The molecule has 0 bridgehead atoms. The maximum Gasteiger partial charge on any atom is 0.139 e. The lowest BCUT2D eigenvalue weighted by atomic mass is 10.0. The molecule has 0 atom stereocenters. The Bertz CT molecular complexity index is 1510. The molecule has 0 radical (unpaired) electrons. The summed E-state index contributed by atoms with van der Waals surface area (Å²) in [6.45, 7) is 6.48. The minimum Gasteiger partial charge on any atom is -0.373 e. The monoisotopic (exact) mass is 475 g/mol. The van der Waals surface area contributed by atoms with Crippen molar-refractivity contribution in [2.24, 2.45) is 0 Å². The van der Waals surface area contributed by atoms with E-state index in [1.807, 2.05) is 37.5 Å². The lowest BCUT2D eigenvalue weighted by molar-refractivity contribution is 0.867. The number of nitrogens with one attached hydrogen (secondary N) is 3. The number of aromatic nitrogens is 4. The van der Waals surface area contributed by atoms with Gasteiger partial charge in [0.05, 0.1) is 11.4 Å². The zero-order valence-electron chi connectivity index (χ0n) is 20.9. The van der Waals surface area contributed by atoms with E-state index in [-0.39, 0.29) is 0 Å². The van der Waals surface area contributed by atoms with Crippen molar-refractivity contribution in [3.05, 3.63) is 90.5 Å². The summed E-state index contributed by atoms with van der Waals surface area (Å²) in [7, 11) is 1.84. The minimum atomic E-state index is 0.495. The smallest absolute Gasteiger partial charge is 0.139 e. The first-order valence-electron chi connectivity index (χ1n) is 12.0. The fourth-order valence-corrected chi connectivity index (χ4v) is 4.19. The molecule has 0 spiro atoms. The highest BCUT2D eigenvalue weighted by Gasteiger charge is 2.14. The van der Waals surface area contributed by atoms with Crippen molar-refractivity contribution in [2.45, 2.75) is 26.7 Å². The van der Waals surface area contributed by atoms with E-state index < -0.39 is 0 Å². The van der Waals surface area contributed by atoms with Gasteiger partial charge in [-0.05, 0) is 54.3 Å². The normalized spacial score (nSPS) is 11.0. The predicted molar refractivity (Wildman–Crippen MR) is 148 cm³/mol. The summed E-state index contributed by atoms with van der Waals surface area (Å²) < 4.78 is 0. The van der Waals surface area contributed by atoms with Crippen molar-refractivity contribution < 1.29 is 0 Å². The van der Waals surface area contributed by atoms with E-state index in [0.717, 1.165) is 56.4 Å². The highest BCUT2D eigenvalue weighted by Crippen LogP contribution is 2.36. The predicted octanol–water partition coefficient (Wildman–Crippen LogP) is 7.05. The quantitative estimate of drug-likeness (QED) is 0.232. The lowest BCUT2D eigenvalue weighted by Gasteiger charge is -2.17. The second-order valence-corrected chi connectivity index (χ2v) is 8.98. The van der Waals surface area contributed by atoms with Gasteiger partial charge in [-0.15, -0.1) is 0 Å². The van der Waals surface area contributed by atoms with Gasteiger partial charge in [0.15, 0.2) is 0 Å². The number of pyridine rings is 2. The van der Waals surface area contributed by atoms with Gasteiger partial charge in [-0.2, -0.15) is 0 Å². The van der Waals surface area contributed by atoms with Gasteiger partial charge in [0.1, 0.15) is 23.8 Å². The van der Waals surface area contributed by atoms with Crippen LogP contribution in [0.5, 0.6) is 0 Å². The van der Waals surface area contributed by atoms with Crippen LogP contribution >= 0.6 is 0 Å². The van der Waals surface area contributed by atoms with E-state index in [0.29, 0.717) is 5.92 Å². The van der Waals surface area contributed by atoms with Gasteiger partial charge in [-0.25, -0.2) is 19.9 Å². The fraction of sp³-hybridized carbons (Fsp3) is 0.172. The number of nitrogens with zero attached hydrogens (tertiary/aromatic N) is 4. The van der Waals surface area contributed by atoms with Crippen molar-refractivity contribution in [3.63, 3.8) is 0 Å². The van der Waals surface area contributed by atoms with E-state index >= 15 is 0 Å². The Hall–Kier alpha value is -4.52. The van der Waals surface area contributed by atoms with E-state index in [4.69, 9.17) is 0 Å². The van der Waals surface area contributed by atoms with Gasteiger partial charge in [0, 0.05) is 47.5 Å². The topological polar surface area (TPSA) is 87.7 Å². The minimum absolute atomic E-state index is 0.495. The maximum absolute atomic E-state index is 4.64. The third-order valence-electron chi connectivity index (χ3n) is 6.24. The van der Waals surface area contributed by atoms with Gasteiger partial charge in [0.25, 0.3) is 0 Å². The molecule has 3 N–H and O–H groups in total. The second-order valence-electron chi connectivity index (χ2n) is 8.98. The molecule has 0 aliphatic carbocycles. The molecule has 0 unspecified atom stereocenters. The van der Waals surface area contributed by atoms with Crippen molar-refractivity contribution in [1.82, 2.24) is 19.9 Å². The third-order valence-corrected chi connectivity index (χ3v) is 6.24. The Morgan fingerprint density at radius 3 is 2.33 bits per heavy atom. The molecule has 0 aliphatic heterocycles. The average Bonchev–Trinajstić information content (AvgIpc) is 2.91. The van der Waals surface area contributed by atoms with Crippen molar-refractivity contribution in [2.75, 3.05) is 23.0 Å². The van der Waals surface area contributed by atoms with E-state index in [1.165, 1.54) is 5.56 Å². The van der Waals surface area contributed by atoms with Crippen LogP contribution in [-0.4, -0.2) is 27.0 Å². The molecule has 180 valence electrons. The molecule has 0 saturated carbocycles. The third kappa shape index (κ3) is 4.68. The molecule has 0 saturated heterocycles. The number of anilines is 5. The zero-order chi connectivity index (χ0) is 25.1. The molecule has 5 aromatic rings. The summed E-state index contributed by atoms with van der Waals surface area (Å²) in [5.41, 5.74) is 6.09. The van der Waals surface area contributed by atoms with Crippen LogP contribution in [0.15, 0.2) is 79.4 Å². The largest absolute Gasteiger partial charge is 0.373 e. The van der Waals surface area contributed by atoms with Gasteiger partial charge in [-0.1, -0.05) is 38.1 Å². The number of fused-ring (bicyclic) bond motifs is 1. The molecule has 0 fully saturated rings. The number of rotatable bonds is 7. The van der Waals surface area contributed by atoms with Crippen molar-refractivity contribution in [1.29, 1.82) is 0 Å². The Morgan fingerprint density at radius 1 is 0.750 bits per heavy atom. The first-order valence-corrected chi connectivity index (χ1v) is 12.0. The summed E-state index contributed by atoms with van der Waals surface area (Å²) in [4.78, 5) is 18.0. The summed E-state index contributed by atoms with van der Waals surface area (Å²) in [5.74, 6) is 2.78. The summed E-state index contributed by atoms with van der Waals surface area (Å²) >= 11 is 0. The molecule has 5 rings (SSSR count). The Balaban J connectivity index is 1.53. The van der Waals surface area contributed by atoms with Crippen LogP contribution in [0.3, 0.4) is 0 Å². The summed E-state index contributed by atoms with van der Waals surface area (Å²) in [6, 6.07) is 20.6. The first-order chi connectivity index (χ1) is 17.5. The van der Waals surface area contributed by atoms with Gasteiger partial charge in [-0.3, -0.25) is 0 Å². The maximum atomic E-state index is 4.64. The van der Waals surface area contributed by atoms with Gasteiger partial charge in [0.2, 0.25) is 0 Å². The number of hydrogen-bond donors (Lipinski definition) is 3. The number of benzene rings is 2. The molecule has 3 aromatic heterocycles. The molecule has 3 heterocycles. The fourth-order valence-electron chi connectivity index (χ4n) is 4.19. The van der Waals surface area contributed by atoms with Crippen LogP contribution in [0, 0.1) is 6.92 Å². The molecular weight excluding hydrogens is 446 g/mol. The zero-order valence-corrected chi connectivity index (χ0v) is 20.9. The van der Waals surface area contributed by atoms with Crippen LogP contribution in [0.4, 0.5) is 28.8 Å². The van der Waals surface area contributed by atoms with E-state index in [1.54, 1.807) is 12.5 Å². The first kappa shape index (κ1) is 23.2. The number of hydrogen-bond acceptors (Lipinski definition) is 7. The Labute approximate surface area is 211 Å².